The van der Waals surface area contributed by atoms with Gasteiger partial charge in [0, 0.05) is 0 Å². The molecule has 0 aliphatic heterocycles. The molecule has 19 heteroatoms. The lowest BCUT2D eigenvalue weighted by molar-refractivity contribution is 0.0686. The van der Waals surface area contributed by atoms with Crippen LogP contribution in [0.25, 0.3) is 0 Å². The van der Waals surface area contributed by atoms with Gasteiger partial charge in [-0.15, -0.1) is 0 Å². The van der Waals surface area contributed by atoms with E-state index in [4.69, 9.17) is 15.3 Å². The molecule has 0 atom stereocenters. The van der Waals surface area contributed by atoms with Gasteiger partial charge in [0.15, 0.2) is 0 Å². The van der Waals surface area contributed by atoms with Crippen LogP contribution in [-0.2, 0) is 68.6 Å². The number of para-hydroxylation sites is 3. The molecular weight excluding hydrogens is 1150 g/mol. The van der Waals surface area contributed by atoms with Gasteiger partial charge in [-0.3, -0.25) is 14.2 Å². The molecule has 0 amide bonds. The summed E-state index contributed by atoms with van der Waals surface area (Å²) in [6, 6.07) is 60.1. The smallest absolute Gasteiger partial charge is 0.335 e. The second-order valence-electron chi connectivity index (χ2n) is 20.3. The van der Waals surface area contributed by atoms with Crippen LogP contribution in [0.5, 0.6) is 0 Å². The zero-order valence-corrected chi connectivity index (χ0v) is 49.7. The first-order valence-corrected chi connectivity index (χ1v) is 31.6. The molecule has 0 saturated carbocycles. The average molecular weight is 1220 g/mol. The molecule has 0 heterocycles. The minimum atomic E-state index is -3.91. The van der Waals surface area contributed by atoms with E-state index in [0.29, 0.717) is 61.5 Å². The lowest BCUT2D eigenvalue weighted by Gasteiger charge is -2.13. The van der Waals surface area contributed by atoms with Crippen molar-refractivity contribution in [2.45, 2.75) is 79.9 Å². The number of sulfonamides is 3. The Kier molecular flexibility index (Phi) is 21.9. The predicted octanol–water partition coefficient (Wildman–Crippen LogP) is 13.5. The van der Waals surface area contributed by atoms with Gasteiger partial charge < -0.3 is 15.3 Å². The van der Waals surface area contributed by atoms with Crippen LogP contribution in [0.4, 0.5) is 21.5 Å². The lowest BCUT2D eigenvalue weighted by atomic mass is 10.0. The molecule has 444 valence electrons. The van der Waals surface area contributed by atoms with Crippen molar-refractivity contribution >= 4 is 65.0 Å². The van der Waals surface area contributed by atoms with E-state index in [1.165, 1.54) is 30.3 Å². The topological polar surface area (TPSA) is 250 Å². The summed E-state index contributed by atoms with van der Waals surface area (Å²) < 4.78 is 97.5. The quantitative estimate of drug-likeness (QED) is 0.0371. The minimum Gasteiger partial charge on any atom is -0.478 e. The van der Waals surface area contributed by atoms with E-state index in [-0.39, 0.29) is 31.4 Å². The average Bonchev–Trinajstić information content (AvgIpc) is 2.75. The van der Waals surface area contributed by atoms with Gasteiger partial charge in [0.25, 0.3) is 30.1 Å². The Hall–Kier alpha value is -9.43. The molecule has 0 radical (unpaired) electrons. The van der Waals surface area contributed by atoms with Crippen molar-refractivity contribution in [3.05, 3.63) is 285 Å². The molecule has 0 fully saturated rings. The summed E-state index contributed by atoms with van der Waals surface area (Å²) in [7, 11) is -11.3. The normalized spacial score (nSPS) is 11.3. The van der Waals surface area contributed by atoms with Crippen molar-refractivity contribution < 1.29 is 59.3 Å². The highest BCUT2D eigenvalue weighted by Gasteiger charge is 2.20. The third-order valence-electron chi connectivity index (χ3n) is 13.7. The number of nitrogens with one attached hydrogen (secondary N) is 3. The Morgan fingerprint density at radius 2 is 0.709 bits per heavy atom. The third kappa shape index (κ3) is 18.5. The summed E-state index contributed by atoms with van der Waals surface area (Å²) in [4.78, 5) is 33.1. The summed E-state index contributed by atoms with van der Waals surface area (Å²) in [5, 5.41) is 26.9. The Morgan fingerprint density at radius 3 is 1.03 bits per heavy atom. The number of carboxylic acid groups (broad SMARTS) is 3. The Morgan fingerprint density at radius 1 is 0.384 bits per heavy atom. The fraction of sp³-hybridized carbons (Fsp3) is 0.149. The molecule has 86 heavy (non-hydrogen) atoms. The maximum atomic E-state index is 13.4. The molecule has 9 aromatic rings. The predicted molar refractivity (Wildman–Crippen MR) is 332 cm³/mol. The van der Waals surface area contributed by atoms with E-state index >= 15 is 0 Å². The number of carbonyl (C=O) groups is 3. The second-order valence-corrected chi connectivity index (χ2v) is 25.3. The van der Waals surface area contributed by atoms with E-state index in [1.54, 1.807) is 127 Å². The summed E-state index contributed by atoms with van der Waals surface area (Å²) in [5.74, 6) is -3.19. The van der Waals surface area contributed by atoms with E-state index in [0.717, 1.165) is 50.6 Å². The Balaban J connectivity index is 0.000000185. The largest absolute Gasteiger partial charge is 0.478 e. The number of benzene rings is 9. The van der Waals surface area contributed by atoms with Gasteiger partial charge in [0.1, 0.15) is 5.82 Å². The molecule has 0 bridgehead atoms. The van der Waals surface area contributed by atoms with Crippen LogP contribution in [0.2, 0.25) is 0 Å². The summed E-state index contributed by atoms with van der Waals surface area (Å²) in [6.45, 7) is 5.98. The van der Waals surface area contributed by atoms with Gasteiger partial charge in [-0.2, -0.15) is 0 Å². The molecule has 0 aliphatic rings. The first-order valence-electron chi connectivity index (χ1n) is 27.2. The molecule has 0 unspecified atom stereocenters. The van der Waals surface area contributed by atoms with Crippen LogP contribution in [0.15, 0.2) is 233 Å². The van der Waals surface area contributed by atoms with Gasteiger partial charge in [-0.25, -0.2) is 44.0 Å². The van der Waals surface area contributed by atoms with Crippen LogP contribution >= 0.6 is 0 Å². The van der Waals surface area contributed by atoms with Gasteiger partial charge in [0.05, 0.1) is 48.4 Å². The number of aryl methyl sites for hydroxylation is 7. The number of carboxylic acids is 3. The summed E-state index contributed by atoms with van der Waals surface area (Å²) >= 11 is 0. The molecule has 9 rings (SSSR count). The Bertz CT molecular complexity index is 3980. The van der Waals surface area contributed by atoms with Gasteiger partial charge in [-0.05, 0) is 193 Å². The van der Waals surface area contributed by atoms with Crippen LogP contribution in [0.1, 0.15) is 95.3 Å². The number of aromatic carboxylic acids is 3. The number of anilines is 3. The number of halogens is 1. The highest BCUT2D eigenvalue weighted by atomic mass is 32.2. The van der Waals surface area contributed by atoms with Crippen LogP contribution in [0.3, 0.4) is 0 Å². The molecule has 9 aromatic carbocycles. The molecule has 0 saturated heterocycles. The van der Waals surface area contributed by atoms with Gasteiger partial charge >= 0.3 is 17.9 Å². The fourth-order valence-corrected chi connectivity index (χ4v) is 12.3. The standard InChI is InChI=1S/C24H25NO4S.C22H21NO4S.C21H18FNO4S/c1-17(2)19-13-15-22(16-14-19)30(28,29)25-23-6-4-3-5-20(23)10-7-18-8-11-21(12-9-18)24(26)27;1-16-5-4-7-20(15-16)28(26,27)23-21-8-3-2-6-18(21)12-9-17-10-13-19(14-11-17)22(24)25;22-18-5-3-6-19(14-18)28(26,27)23-20-7-2-1-4-16(20)11-8-15-9-12-17(13-10-15)21(24)25/h3-6,8-9,11-17,25H,7,10H2,1-2H3,(H,26,27);2-8,10-11,13-15,23H,9,12H2,1H3,(H,24,25);1-7,9-10,12-14,23H,8,11H2,(H,24,25). The maximum Gasteiger partial charge on any atom is 0.335 e. The highest BCUT2D eigenvalue weighted by molar-refractivity contribution is 7.93. The minimum absolute atomic E-state index is 0.147. The monoisotopic (exact) mass is 1220 g/mol. The zero-order chi connectivity index (χ0) is 62.0. The molecule has 0 aromatic heterocycles. The summed E-state index contributed by atoms with van der Waals surface area (Å²) in [5.41, 5.74) is 9.64. The molecule has 0 aliphatic carbocycles. The van der Waals surface area contributed by atoms with Crippen molar-refractivity contribution in [2.75, 3.05) is 14.2 Å². The molecule has 15 nitrogen and oxygen atoms in total. The van der Waals surface area contributed by atoms with Crippen molar-refractivity contribution in [1.82, 2.24) is 0 Å². The van der Waals surface area contributed by atoms with Crippen LogP contribution < -0.4 is 14.2 Å². The van der Waals surface area contributed by atoms with Crippen molar-refractivity contribution in [1.29, 1.82) is 0 Å². The van der Waals surface area contributed by atoms with Crippen molar-refractivity contribution in [2.24, 2.45) is 0 Å². The van der Waals surface area contributed by atoms with Crippen LogP contribution in [0, 0.1) is 12.7 Å². The lowest BCUT2D eigenvalue weighted by Crippen LogP contribution is -2.14. The first-order chi connectivity index (χ1) is 41.0. The molecule has 6 N–H and O–H groups in total. The number of hydrogen-bond acceptors (Lipinski definition) is 9. The van der Waals surface area contributed by atoms with E-state index in [1.807, 2.05) is 61.5 Å². The summed E-state index contributed by atoms with van der Waals surface area (Å²) in [6.07, 6.45) is 3.74. The van der Waals surface area contributed by atoms with Crippen LogP contribution in [-0.4, -0.2) is 58.5 Å². The fourth-order valence-electron chi connectivity index (χ4n) is 8.85. The van der Waals surface area contributed by atoms with Crippen molar-refractivity contribution in [3.8, 4) is 0 Å². The number of rotatable bonds is 22. The van der Waals surface area contributed by atoms with E-state index in [2.05, 4.69) is 28.0 Å². The SMILES string of the molecule is CC(C)c1ccc(S(=O)(=O)Nc2ccccc2CCc2ccc(C(=O)O)cc2)cc1.Cc1cccc(S(=O)(=O)Nc2ccccc2CCc2ccc(C(=O)O)cc2)c1.O=C(O)c1ccc(CCc2ccccc2NS(=O)(=O)c2cccc(F)c2)cc1. The first kappa shape index (κ1) is 64.1. The third-order valence-corrected chi connectivity index (χ3v) is 17.8. The Labute approximate surface area is 501 Å². The van der Waals surface area contributed by atoms with Gasteiger partial charge in [0.2, 0.25) is 0 Å². The van der Waals surface area contributed by atoms with Crippen molar-refractivity contribution in [3.63, 3.8) is 0 Å². The highest BCUT2D eigenvalue weighted by Crippen LogP contribution is 2.27. The zero-order valence-electron chi connectivity index (χ0n) is 47.2. The second kappa shape index (κ2) is 29.4. The van der Waals surface area contributed by atoms with E-state index in [9.17, 15) is 44.0 Å². The maximum absolute atomic E-state index is 13.4. The van der Waals surface area contributed by atoms with E-state index < -0.39 is 53.8 Å². The molecular formula is C67H64FN3O12S3. The van der Waals surface area contributed by atoms with Gasteiger partial charge in [-0.1, -0.05) is 135 Å². The molecule has 0 spiro atoms. The number of hydrogen-bond donors (Lipinski definition) is 6.